The van der Waals surface area contributed by atoms with Crippen LogP contribution < -0.4 is 5.73 Å². The minimum Gasteiger partial charge on any atom is -0.315 e. The van der Waals surface area contributed by atoms with Crippen LogP contribution in [0.15, 0.2) is 14.1 Å². The van der Waals surface area contributed by atoms with Gasteiger partial charge in [-0.05, 0) is 40.8 Å². The van der Waals surface area contributed by atoms with Gasteiger partial charge < -0.3 is 5.73 Å². The second-order valence-corrected chi connectivity index (χ2v) is 9.31. The van der Waals surface area contributed by atoms with E-state index in [1.807, 2.05) is 6.92 Å². The van der Waals surface area contributed by atoms with Crippen LogP contribution in [0, 0.1) is 5.92 Å². The van der Waals surface area contributed by atoms with Crippen LogP contribution in [-0.4, -0.2) is 25.4 Å². The van der Waals surface area contributed by atoms with Gasteiger partial charge in [-0.1, -0.05) is 18.5 Å². The van der Waals surface area contributed by atoms with E-state index in [4.69, 9.17) is 17.3 Å². The minimum atomic E-state index is -3.53. The summed E-state index contributed by atoms with van der Waals surface area (Å²) < 4.78 is 27.2. The molecule has 0 radical (unpaired) electrons. The quantitative estimate of drug-likeness (QED) is 0.867. The van der Waals surface area contributed by atoms with Crippen molar-refractivity contribution in [3.8, 4) is 0 Å². The summed E-state index contributed by atoms with van der Waals surface area (Å²) in [7, 11) is -3.53. The van der Waals surface area contributed by atoms with Crippen LogP contribution in [0.5, 0.6) is 0 Å². The first-order valence-electron chi connectivity index (χ1n) is 5.56. The van der Waals surface area contributed by atoms with Gasteiger partial charge in [0.05, 0.1) is 15.0 Å². The molecule has 2 rings (SSSR count). The fourth-order valence-electron chi connectivity index (χ4n) is 2.02. The van der Waals surface area contributed by atoms with Crippen LogP contribution in [0.4, 0.5) is 0 Å². The second-order valence-electron chi connectivity index (χ2n) is 4.41. The summed E-state index contributed by atoms with van der Waals surface area (Å²) in [5, 5.41) is 0.414. The number of piperidine rings is 1. The van der Waals surface area contributed by atoms with Gasteiger partial charge in [-0.3, -0.25) is 0 Å². The number of hydrogen-bond donors (Lipinski definition) is 1. The fraction of sp³-hybridized carbons (Fsp3) is 0.600. The molecule has 2 unspecified atom stereocenters. The zero-order valence-electron chi connectivity index (χ0n) is 9.77. The van der Waals surface area contributed by atoms with E-state index in [1.54, 1.807) is 0 Å². The van der Waals surface area contributed by atoms with E-state index in [-0.39, 0.29) is 10.1 Å². The zero-order valence-corrected chi connectivity index (χ0v) is 13.7. The molecular formula is C10H14BrClN2O2S2. The van der Waals surface area contributed by atoms with Crippen LogP contribution in [0.1, 0.15) is 19.8 Å². The molecule has 2 atom stereocenters. The lowest BCUT2D eigenvalue weighted by molar-refractivity contribution is 0.192. The Balaban J connectivity index is 2.36. The second kappa shape index (κ2) is 5.38. The van der Waals surface area contributed by atoms with E-state index in [0.717, 1.165) is 24.2 Å². The fourth-order valence-corrected chi connectivity index (χ4v) is 6.20. The highest BCUT2D eigenvalue weighted by molar-refractivity contribution is 9.11. The molecule has 2 heterocycles. The van der Waals surface area contributed by atoms with Gasteiger partial charge in [-0.25, -0.2) is 8.42 Å². The van der Waals surface area contributed by atoms with Gasteiger partial charge in [0, 0.05) is 6.54 Å². The molecule has 0 bridgehead atoms. The smallest absolute Gasteiger partial charge is 0.254 e. The standard InChI is InChI=1S/C10H14BrClN2O2S2/c1-6-3-2-4-14(10(6)13)18(15,16)8-5-7(12)9(11)17-8/h5-6,10H,2-4,13H2,1H3. The molecule has 1 saturated heterocycles. The Labute approximate surface area is 124 Å². The highest BCUT2D eigenvalue weighted by atomic mass is 79.9. The Morgan fingerprint density at radius 3 is 2.83 bits per heavy atom. The molecule has 2 N–H and O–H groups in total. The Morgan fingerprint density at radius 2 is 2.28 bits per heavy atom. The van der Waals surface area contributed by atoms with Gasteiger partial charge in [0.15, 0.2) is 0 Å². The summed E-state index contributed by atoms with van der Waals surface area (Å²) in [6, 6.07) is 1.47. The van der Waals surface area contributed by atoms with Crippen LogP contribution in [0.3, 0.4) is 0 Å². The Hall–Kier alpha value is 0.340. The molecule has 102 valence electrons. The molecule has 0 aliphatic carbocycles. The maximum atomic E-state index is 12.5. The maximum absolute atomic E-state index is 12.5. The summed E-state index contributed by atoms with van der Waals surface area (Å²) >= 11 is 10.2. The Kier molecular flexibility index (Phi) is 4.40. The molecule has 0 aromatic carbocycles. The van der Waals surface area contributed by atoms with E-state index in [2.05, 4.69) is 15.9 Å². The third kappa shape index (κ3) is 2.62. The molecule has 1 fully saturated rings. The molecule has 0 saturated carbocycles. The summed E-state index contributed by atoms with van der Waals surface area (Å²) in [6.45, 7) is 2.45. The van der Waals surface area contributed by atoms with Crippen molar-refractivity contribution in [2.75, 3.05) is 6.54 Å². The number of sulfonamides is 1. The normalized spacial score (nSPS) is 26.4. The van der Waals surface area contributed by atoms with E-state index < -0.39 is 16.2 Å². The van der Waals surface area contributed by atoms with Gasteiger partial charge in [-0.2, -0.15) is 4.31 Å². The molecule has 1 aliphatic heterocycles. The number of hydrogen-bond acceptors (Lipinski definition) is 4. The van der Waals surface area contributed by atoms with Crippen molar-refractivity contribution in [3.63, 3.8) is 0 Å². The molecule has 4 nitrogen and oxygen atoms in total. The molecular weight excluding hydrogens is 360 g/mol. The first-order chi connectivity index (χ1) is 8.34. The first kappa shape index (κ1) is 14.7. The van der Waals surface area contributed by atoms with Crippen LogP contribution in [0.25, 0.3) is 0 Å². The van der Waals surface area contributed by atoms with Crippen molar-refractivity contribution in [1.82, 2.24) is 4.31 Å². The van der Waals surface area contributed by atoms with E-state index in [1.165, 1.54) is 10.4 Å². The Bertz CT molecular complexity index is 527. The molecule has 8 heteroatoms. The summed E-state index contributed by atoms with van der Waals surface area (Å²) in [5.41, 5.74) is 6.00. The molecule has 1 aliphatic rings. The van der Waals surface area contributed by atoms with Gasteiger partial charge in [-0.15, -0.1) is 11.3 Å². The summed E-state index contributed by atoms with van der Waals surface area (Å²) in [4.78, 5) is 0. The minimum absolute atomic E-state index is 0.174. The number of rotatable bonds is 2. The van der Waals surface area contributed by atoms with Crippen molar-refractivity contribution < 1.29 is 8.42 Å². The number of thiophene rings is 1. The lowest BCUT2D eigenvalue weighted by Gasteiger charge is -2.35. The molecule has 18 heavy (non-hydrogen) atoms. The molecule has 1 aromatic heterocycles. The third-order valence-electron chi connectivity index (χ3n) is 3.14. The van der Waals surface area contributed by atoms with Gasteiger partial charge >= 0.3 is 0 Å². The Morgan fingerprint density at radius 1 is 1.61 bits per heavy atom. The lowest BCUT2D eigenvalue weighted by atomic mass is 9.99. The highest BCUT2D eigenvalue weighted by Crippen LogP contribution is 2.37. The highest BCUT2D eigenvalue weighted by Gasteiger charge is 2.36. The molecule has 0 spiro atoms. The van der Waals surface area contributed by atoms with Crippen molar-refractivity contribution in [2.45, 2.75) is 30.1 Å². The van der Waals surface area contributed by atoms with Gasteiger partial charge in [0.1, 0.15) is 4.21 Å². The van der Waals surface area contributed by atoms with E-state index >= 15 is 0 Å². The van der Waals surface area contributed by atoms with Crippen LogP contribution >= 0.6 is 38.9 Å². The number of halogens is 2. The van der Waals surface area contributed by atoms with Crippen molar-refractivity contribution >= 4 is 48.9 Å². The number of nitrogens with zero attached hydrogens (tertiary/aromatic N) is 1. The average Bonchev–Trinajstić information content (AvgIpc) is 2.63. The third-order valence-corrected chi connectivity index (χ3v) is 7.96. The predicted octanol–water partition coefficient (Wildman–Crippen LogP) is 2.87. The SMILES string of the molecule is CC1CCCN(S(=O)(=O)c2cc(Cl)c(Br)s2)C1N. The average molecular weight is 374 g/mol. The van der Waals surface area contributed by atoms with Crippen molar-refractivity contribution in [3.05, 3.63) is 14.9 Å². The summed E-state index contributed by atoms with van der Waals surface area (Å²) in [5.74, 6) is 0.174. The largest absolute Gasteiger partial charge is 0.315 e. The van der Waals surface area contributed by atoms with Gasteiger partial charge in [0.25, 0.3) is 10.0 Å². The zero-order chi connectivity index (χ0) is 13.5. The maximum Gasteiger partial charge on any atom is 0.254 e. The lowest BCUT2D eigenvalue weighted by Crippen LogP contribution is -2.52. The number of nitrogens with two attached hydrogens (primary N) is 1. The van der Waals surface area contributed by atoms with Crippen LogP contribution in [-0.2, 0) is 10.0 Å². The first-order valence-corrected chi connectivity index (χ1v) is 8.99. The monoisotopic (exact) mass is 372 g/mol. The van der Waals surface area contributed by atoms with E-state index in [9.17, 15) is 8.42 Å². The van der Waals surface area contributed by atoms with Crippen molar-refractivity contribution in [2.24, 2.45) is 11.7 Å². The van der Waals surface area contributed by atoms with Crippen molar-refractivity contribution in [1.29, 1.82) is 0 Å². The van der Waals surface area contributed by atoms with Gasteiger partial charge in [0.2, 0.25) is 0 Å². The molecule has 1 aromatic rings. The topological polar surface area (TPSA) is 63.4 Å². The van der Waals surface area contributed by atoms with Crippen LogP contribution in [0.2, 0.25) is 5.02 Å². The molecule has 0 amide bonds. The summed E-state index contributed by atoms with van der Waals surface area (Å²) in [6.07, 6.45) is 1.35. The predicted molar refractivity (Wildman–Crippen MR) is 77.3 cm³/mol. The van der Waals surface area contributed by atoms with E-state index in [0.29, 0.717) is 15.4 Å².